The van der Waals surface area contributed by atoms with Crippen LogP contribution in [0.1, 0.15) is 30.4 Å². The fraction of sp³-hybridized carbons (Fsp3) is 0.429. The van der Waals surface area contributed by atoms with Gasteiger partial charge in [0.05, 0.1) is 17.5 Å². The number of halogens is 5. The minimum absolute atomic E-state index is 0. The molecule has 0 saturated carbocycles. The highest BCUT2D eigenvalue weighted by Gasteiger charge is 2.41. The van der Waals surface area contributed by atoms with Gasteiger partial charge in [-0.3, -0.25) is 10.1 Å². The number of alkyl halides is 3. The average Bonchev–Trinajstić information content (AvgIpc) is 2.69. The zero-order valence-corrected chi connectivity index (χ0v) is 20.7. The van der Waals surface area contributed by atoms with Crippen LogP contribution in [0.15, 0.2) is 48.5 Å². The third-order valence-electron chi connectivity index (χ3n) is 5.71. The van der Waals surface area contributed by atoms with Gasteiger partial charge in [-0.1, -0.05) is 30.3 Å². The first kappa shape index (κ1) is 29.3. The van der Waals surface area contributed by atoms with Crippen LogP contribution in [-0.4, -0.2) is 39.6 Å². The van der Waals surface area contributed by atoms with Gasteiger partial charge >= 0.3 is 6.36 Å². The van der Waals surface area contributed by atoms with Gasteiger partial charge < -0.3 is 4.74 Å². The summed E-state index contributed by atoms with van der Waals surface area (Å²) >= 11 is 0. The van der Waals surface area contributed by atoms with Crippen molar-refractivity contribution in [2.45, 2.75) is 37.6 Å². The van der Waals surface area contributed by atoms with Crippen LogP contribution in [0.3, 0.4) is 0 Å². The predicted octanol–water partition coefficient (Wildman–Crippen LogP) is 4.62. The Hall–Kier alpha value is -1.72. The van der Waals surface area contributed by atoms with Crippen molar-refractivity contribution in [3.63, 3.8) is 0 Å². The van der Waals surface area contributed by atoms with Crippen LogP contribution >= 0.6 is 24.8 Å². The first-order chi connectivity index (χ1) is 14.4. The van der Waals surface area contributed by atoms with Crippen LogP contribution in [0.2, 0.25) is 0 Å². The van der Waals surface area contributed by atoms with Gasteiger partial charge in [0.25, 0.3) is 0 Å². The Morgan fingerprint density at radius 3 is 2.30 bits per heavy atom. The van der Waals surface area contributed by atoms with E-state index in [0.29, 0.717) is 13.0 Å². The van der Waals surface area contributed by atoms with Gasteiger partial charge in [-0.05, 0) is 55.0 Å². The molecule has 1 aliphatic rings. The third-order valence-corrected chi connectivity index (χ3v) is 6.92. The second-order valence-corrected chi connectivity index (χ2v) is 9.81. The van der Waals surface area contributed by atoms with Gasteiger partial charge in [-0.25, -0.2) is 13.4 Å². The number of benzene rings is 2. The molecule has 0 radical (unpaired) electrons. The lowest BCUT2D eigenvalue weighted by molar-refractivity contribution is -0.275. The molecule has 1 saturated heterocycles. The van der Waals surface area contributed by atoms with Crippen molar-refractivity contribution in [2.24, 2.45) is 5.84 Å². The zero-order chi connectivity index (χ0) is 22.9. The number of sulfonamides is 1. The molecule has 2 N–H and O–H groups in total. The smallest absolute Gasteiger partial charge is 0.405 e. The number of nitrogens with two attached hydrogens (primary N) is 1. The van der Waals surface area contributed by atoms with E-state index in [1.54, 1.807) is 5.01 Å². The SMILES string of the molecule is CN(c1ccc(OC(F)(F)F)c(CC2(c3ccccc3)CCCCN2N)c1)S(C)(=O)=O.Cl.Cl. The Kier molecular flexibility index (Phi) is 9.89. The van der Waals surface area contributed by atoms with E-state index in [0.717, 1.165) is 35.0 Å². The number of anilines is 1. The molecule has 1 atom stereocenters. The van der Waals surface area contributed by atoms with Crippen molar-refractivity contribution in [2.75, 3.05) is 24.2 Å². The summed E-state index contributed by atoms with van der Waals surface area (Å²) in [5.41, 5.74) is 0.615. The maximum Gasteiger partial charge on any atom is 0.573 e. The molecule has 186 valence electrons. The van der Waals surface area contributed by atoms with Gasteiger partial charge in [0.2, 0.25) is 10.0 Å². The number of nitrogens with zero attached hydrogens (tertiary/aromatic N) is 2. The van der Waals surface area contributed by atoms with Gasteiger partial charge in [0.1, 0.15) is 5.75 Å². The largest absolute Gasteiger partial charge is 0.573 e. The molecule has 33 heavy (non-hydrogen) atoms. The predicted molar refractivity (Wildman–Crippen MR) is 127 cm³/mol. The number of hydrogen-bond donors (Lipinski definition) is 1. The topological polar surface area (TPSA) is 75.9 Å². The lowest BCUT2D eigenvalue weighted by Gasteiger charge is -2.45. The summed E-state index contributed by atoms with van der Waals surface area (Å²) in [6, 6.07) is 13.3. The molecule has 12 heteroatoms. The molecule has 1 unspecified atom stereocenters. The van der Waals surface area contributed by atoms with E-state index in [1.165, 1.54) is 19.2 Å². The van der Waals surface area contributed by atoms with E-state index in [2.05, 4.69) is 4.74 Å². The van der Waals surface area contributed by atoms with Crippen molar-refractivity contribution >= 4 is 40.5 Å². The maximum absolute atomic E-state index is 13.1. The molecule has 1 fully saturated rings. The van der Waals surface area contributed by atoms with Crippen LogP contribution in [0, 0.1) is 0 Å². The molecule has 0 aliphatic carbocycles. The molecule has 0 aromatic heterocycles. The van der Waals surface area contributed by atoms with Crippen molar-refractivity contribution in [1.82, 2.24) is 5.01 Å². The van der Waals surface area contributed by atoms with Crippen LogP contribution in [0.4, 0.5) is 18.9 Å². The van der Waals surface area contributed by atoms with Gasteiger partial charge in [-0.2, -0.15) is 0 Å². The third kappa shape index (κ3) is 6.89. The standard InChI is InChI=1S/C21H26F3N3O3S.2ClH/c1-26(31(2,28)29)18-10-11-19(30-21(22,23)24)16(14-18)15-20(12-6-7-13-27(20)25)17-8-4-3-5-9-17;;/h3-5,8-11,14H,6-7,12-13,15,25H2,1-2H3;2*1H. The number of piperidine rings is 1. The Morgan fingerprint density at radius 1 is 1.12 bits per heavy atom. The zero-order valence-electron chi connectivity index (χ0n) is 18.2. The molecule has 0 amide bonds. The van der Waals surface area contributed by atoms with E-state index in [-0.39, 0.29) is 48.2 Å². The quantitative estimate of drug-likeness (QED) is 0.552. The summed E-state index contributed by atoms with van der Waals surface area (Å²) in [5, 5.41) is 1.68. The lowest BCUT2D eigenvalue weighted by Crippen LogP contribution is -2.54. The summed E-state index contributed by atoms with van der Waals surface area (Å²) in [6.07, 6.45) is -1.33. The summed E-state index contributed by atoms with van der Waals surface area (Å²) in [6.45, 7) is 0.591. The maximum atomic E-state index is 13.1. The lowest BCUT2D eigenvalue weighted by atomic mass is 9.77. The van der Waals surface area contributed by atoms with Crippen molar-refractivity contribution in [3.8, 4) is 5.75 Å². The van der Waals surface area contributed by atoms with Gasteiger partial charge in [0.15, 0.2) is 0 Å². The highest BCUT2D eigenvalue weighted by Crippen LogP contribution is 2.42. The fourth-order valence-corrected chi connectivity index (χ4v) is 4.53. The second kappa shape index (κ2) is 11.1. The first-order valence-electron chi connectivity index (χ1n) is 9.83. The Bertz CT molecular complexity index is 1030. The molecular weight excluding hydrogens is 502 g/mol. The van der Waals surface area contributed by atoms with Crippen molar-refractivity contribution in [3.05, 3.63) is 59.7 Å². The summed E-state index contributed by atoms with van der Waals surface area (Å²) in [5.74, 6) is 6.03. The van der Waals surface area contributed by atoms with E-state index in [4.69, 9.17) is 5.84 Å². The van der Waals surface area contributed by atoms with Crippen LogP contribution in [-0.2, 0) is 22.0 Å². The molecule has 2 aromatic rings. The minimum atomic E-state index is -4.88. The minimum Gasteiger partial charge on any atom is -0.405 e. The van der Waals surface area contributed by atoms with Gasteiger partial charge in [-0.15, -0.1) is 38.0 Å². The Labute approximate surface area is 204 Å². The number of hydrogen-bond acceptors (Lipinski definition) is 5. The molecule has 2 aromatic carbocycles. The number of rotatable bonds is 6. The summed E-state index contributed by atoms with van der Waals surface area (Å²) < 4.78 is 68.5. The second-order valence-electron chi connectivity index (χ2n) is 7.80. The molecule has 0 spiro atoms. The van der Waals surface area contributed by atoms with E-state index in [9.17, 15) is 21.6 Å². The first-order valence-corrected chi connectivity index (χ1v) is 11.7. The highest BCUT2D eigenvalue weighted by atomic mass is 35.5. The van der Waals surface area contributed by atoms with Crippen LogP contribution < -0.4 is 14.9 Å². The normalized spacial score (nSPS) is 19.2. The van der Waals surface area contributed by atoms with Crippen LogP contribution in [0.5, 0.6) is 5.75 Å². The number of hydrazine groups is 1. The molecule has 1 aliphatic heterocycles. The van der Waals surface area contributed by atoms with Crippen molar-refractivity contribution in [1.29, 1.82) is 0 Å². The number of ether oxygens (including phenoxy) is 1. The van der Waals surface area contributed by atoms with Crippen LogP contribution in [0.25, 0.3) is 0 Å². The average molecular weight is 530 g/mol. The van der Waals surface area contributed by atoms with E-state index in [1.807, 2.05) is 30.3 Å². The van der Waals surface area contributed by atoms with E-state index < -0.39 is 21.9 Å². The summed E-state index contributed by atoms with van der Waals surface area (Å²) in [7, 11) is -2.25. The van der Waals surface area contributed by atoms with E-state index >= 15 is 0 Å². The Morgan fingerprint density at radius 2 is 1.76 bits per heavy atom. The molecule has 6 nitrogen and oxygen atoms in total. The monoisotopic (exact) mass is 529 g/mol. The molecule has 3 rings (SSSR count). The summed E-state index contributed by atoms with van der Waals surface area (Å²) in [4.78, 5) is 0. The van der Waals surface area contributed by atoms with Crippen molar-refractivity contribution < 1.29 is 26.3 Å². The Balaban J connectivity index is 0.00000272. The molecule has 0 bridgehead atoms. The molecular formula is C21H28Cl2F3N3O3S. The van der Waals surface area contributed by atoms with Gasteiger partial charge in [0, 0.05) is 13.6 Å². The molecule has 1 heterocycles. The fourth-order valence-electron chi connectivity index (χ4n) is 4.04. The highest BCUT2D eigenvalue weighted by molar-refractivity contribution is 7.92.